The summed E-state index contributed by atoms with van der Waals surface area (Å²) in [7, 11) is 0. The van der Waals surface area contributed by atoms with Crippen LogP contribution < -0.4 is 11.1 Å². The summed E-state index contributed by atoms with van der Waals surface area (Å²) in [6.45, 7) is 2.04. The molecule has 6 nitrogen and oxygen atoms in total. The normalized spacial score (nSPS) is 28.1. The number of nitrogen functional groups attached to an aromatic ring is 1. The second-order valence-electron chi connectivity index (χ2n) is 5.97. The predicted octanol–water partition coefficient (Wildman–Crippen LogP) is 1.91. The van der Waals surface area contributed by atoms with Crippen molar-refractivity contribution in [1.29, 1.82) is 0 Å². The largest absolute Gasteiger partial charge is 0.446 e. The number of anilines is 1. The standard InChI is InChI=1S/C13H20N4O2/c1-13(4-5-13)15-12(18)19-9-3-2-8(6-9)10-7-11(14)17-16-10/h7-9H,2-6H2,1H3,(H,15,18)(H3,14,16,17). The van der Waals surface area contributed by atoms with Gasteiger partial charge >= 0.3 is 6.09 Å². The molecule has 0 radical (unpaired) electrons. The van der Waals surface area contributed by atoms with Gasteiger partial charge in [0.1, 0.15) is 11.9 Å². The summed E-state index contributed by atoms with van der Waals surface area (Å²) in [5, 5.41) is 9.79. The number of aromatic amines is 1. The van der Waals surface area contributed by atoms with E-state index in [1.807, 2.05) is 13.0 Å². The molecule has 2 aliphatic rings. The monoisotopic (exact) mass is 264 g/mol. The maximum Gasteiger partial charge on any atom is 0.407 e. The highest BCUT2D eigenvalue weighted by atomic mass is 16.6. The lowest BCUT2D eigenvalue weighted by Crippen LogP contribution is -2.36. The fraction of sp³-hybridized carbons (Fsp3) is 0.692. The molecule has 0 aromatic carbocycles. The van der Waals surface area contributed by atoms with Gasteiger partial charge in [0.05, 0.1) is 0 Å². The number of rotatable bonds is 3. The number of amides is 1. The van der Waals surface area contributed by atoms with E-state index in [1.54, 1.807) is 0 Å². The van der Waals surface area contributed by atoms with Crippen molar-refractivity contribution < 1.29 is 9.53 Å². The van der Waals surface area contributed by atoms with Gasteiger partial charge in [0.2, 0.25) is 0 Å². The molecule has 2 saturated carbocycles. The van der Waals surface area contributed by atoms with Gasteiger partial charge < -0.3 is 15.8 Å². The first kappa shape index (κ1) is 12.3. The molecule has 1 aromatic heterocycles. The van der Waals surface area contributed by atoms with Crippen molar-refractivity contribution in [3.05, 3.63) is 11.8 Å². The van der Waals surface area contributed by atoms with E-state index in [0.29, 0.717) is 11.7 Å². The van der Waals surface area contributed by atoms with E-state index in [4.69, 9.17) is 10.5 Å². The summed E-state index contributed by atoms with van der Waals surface area (Å²) >= 11 is 0. The van der Waals surface area contributed by atoms with Crippen molar-refractivity contribution in [3.63, 3.8) is 0 Å². The van der Waals surface area contributed by atoms with Crippen LogP contribution in [-0.4, -0.2) is 27.9 Å². The minimum atomic E-state index is -0.283. The molecule has 2 atom stereocenters. The van der Waals surface area contributed by atoms with Crippen LogP contribution in [0.25, 0.3) is 0 Å². The highest BCUT2D eigenvalue weighted by molar-refractivity contribution is 5.69. The van der Waals surface area contributed by atoms with Gasteiger partial charge in [0.25, 0.3) is 0 Å². The van der Waals surface area contributed by atoms with E-state index in [9.17, 15) is 4.79 Å². The molecule has 0 spiro atoms. The van der Waals surface area contributed by atoms with E-state index >= 15 is 0 Å². The Kier molecular flexibility index (Phi) is 2.88. The van der Waals surface area contributed by atoms with E-state index in [-0.39, 0.29) is 17.7 Å². The van der Waals surface area contributed by atoms with E-state index in [1.165, 1.54) is 0 Å². The van der Waals surface area contributed by atoms with E-state index in [2.05, 4.69) is 15.5 Å². The Morgan fingerprint density at radius 2 is 2.37 bits per heavy atom. The lowest BCUT2D eigenvalue weighted by molar-refractivity contribution is 0.0967. The van der Waals surface area contributed by atoms with Gasteiger partial charge in [-0.3, -0.25) is 5.10 Å². The van der Waals surface area contributed by atoms with Gasteiger partial charge in [-0.15, -0.1) is 0 Å². The van der Waals surface area contributed by atoms with Crippen molar-refractivity contribution in [2.24, 2.45) is 0 Å². The summed E-state index contributed by atoms with van der Waals surface area (Å²) in [4.78, 5) is 11.7. The molecule has 2 unspecified atom stereocenters. The number of alkyl carbamates (subject to hydrolysis) is 1. The van der Waals surface area contributed by atoms with Crippen molar-refractivity contribution in [3.8, 4) is 0 Å². The molecule has 1 aromatic rings. The van der Waals surface area contributed by atoms with Gasteiger partial charge in [-0.2, -0.15) is 5.10 Å². The SMILES string of the molecule is CC1(NC(=O)OC2CCC(c3cc(N)n[nH]3)C2)CC1. The van der Waals surface area contributed by atoms with Crippen molar-refractivity contribution in [2.75, 3.05) is 5.73 Å². The van der Waals surface area contributed by atoms with Crippen LogP contribution in [0.1, 0.15) is 50.6 Å². The molecule has 104 valence electrons. The molecule has 19 heavy (non-hydrogen) atoms. The number of carbonyl (C=O) groups is 1. The molecule has 2 aliphatic carbocycles. The molecule has 0 aliphatic heterocycles. The Labute approximate surface area is 112 Å². The Morgan fingerprint density at radius 1 is 1.58 bits per heavy atom. The van der Waals surface area contributed by atoms with Crippen molar-refractivity contribution in [1.82, 2.24) is 15.5 Å². The van der Waals surface area contributed by atoms with Crippen LogP contribution in [0.15, 0.2) is 6.07 Å². The van der Waals surface area contributed by atoms with Gasteiger partial charge in [0.15, 0.2) is 0 Å². The number of nitrogens with zero attached hydrogens (tertiary/aromatic N) is 1. The Balaban J connectivity index is 1.50. The molecule has 0 saturated heterocycles. The second kappa shape index (κ2) is 4.43. The summed E-state index contributed by atoms with van der Waals surface area (Å²) in [5.41, 5.74) is 6.62. The van der Waals surface area contributed by atoms with Crippen molar-refractivity contribution in [2.45, 2.75) is 56.6 Å². The number of H-pyrrole nitrogens is 1. The lowest BCUT2D eigenvalue weighted by atomic mass is 10.0. The average Bonchev–Trinajstić information content (AvgIpc) is 2.79. The molecular formula is C13H20N4O2. The number of ether oxygens (including phenoxy) is 1. The number of nitrogens with one attached hydrogen (secondary N) is 2. The molecule has 6 heteroatoms. The fourth-order valence-electron chi connectivity index (χ4n) is 2.63. The maximum absolute atomic E-state index is 11.7. The minimum absolute atomic E-state index is 0.00289. The van der Waals surface area contributed by atoms with Crippen molar-refractivity contribution >= 4 is 11.9 Å². The lowest BCUT2D eigenvalue weighted by Gasteiger charge is -2.16. The first-order chi connectivity index (χ1) is 9.04. The number of nitrogens with two attached hydrogens (primary N) is 1. The van der Waals surface area contributed by atoms with Crippen LogP contribution in [0.4, 0.5) is 10.6 Å². The zero-order valence-corrected chi connectivity index (χ0v) is 11.1. The summed E-state index contributed by atoms with van der Waals surface area (Å²) in [6, 6.07) is 1.86. The van der Waals surface area contributed by atoms with Crippen LogP contribution in [0.5, 0.6) is 0 Å². The molecule has 0 bridgehead atoms. The third-order valence-electron chi connectivity index (χ3n) is 4.12. The first-order valence-corrected chi connectivity index (χ1v) is 6.84. The summed E-state index contributed by atoms with van der Waals surface area (Å²) in [6.07, 6.45) is 4.54. The minimum Gasteiger partial charge on any atom is -0.446 e. The summed E-state index contributed by atoms with van der Waals surface area (Å²) in [5.74, 6) is 0.873. The third kappa shape index (κ3) is 2.83. The topological polar surface area (TPSA) is 93.0 Å². The fourth-order valence-corrected chi connectivity index (χ4v) is 2.63. The average molecular weight is 264 g/mol. The quantitative estimate of drug-likeness (QED) is 0.777. The van der Waals surface area contributed by atoms with Gasteiger partial charge in [-0.1, -0.05) is 0 Å². The second-order valence-corrected chi connectivity index (χ2v) is 5.97. The van der Waals surface area contributed by atoms with Crippen LogP contribution in [0.3, 0.4) is 0 Å². The number of hydrogen-bond donors (Lipinski definition) is 3. The Morgan fingerprint density at radius 3 is 3.00 bits per heavy atom. The number of carbonyl (C=O) groups excluding carboxylic acids is 1. The number of hydrogen-bond acceptors (Lipinski definition) is 4. The van der Waals surface area contributed by atoms with Gasteiger partial charge in [0, 0.05) is 23.2 Å². The highest BCUT2D eigenvalue weighted by Crippen LogP contribution is 2.37. The molecule has 3 rings (SSSR count). The number of aromatic nitrogens is 2. The van der Waals surface area contributed by atoms with Gasteiger partial charge in [-0.25, -0.2) is 4.79 Å². The van der Waals surface area contributed by atoms with Crippen LogP contribution in [0.2, 0.25) is 0 Å². The van der Waals surface area contributed by atoms with Crippen LogP contribution >= 0.6 is 0 Å². The molecular weight excluding hydrogens is 244 g/mol. The highest BCUT2D eigenvalue weighted by Gasteiger charge is 2.40. The molecule has 2 fully saturated rings. The third-order valence-corrected chi connectivity index (χ3v) is 4.12. The molecule has 1 amide bonds. The van der Waals surface area contributed by atoms with Crippen LogP contribution in [0, 0.1) is 0 Å². The Bertz CT molecular complexity index is 481. The first-order valence-electron chi connectivity index (χ1n) is 6.84. The smallest absolute Gasteiger partial charge is 0.407 e. The molecule has 1 heterocycles. The zero-order valence-electron chi connectivity index (χ0n) is 11.1. The van der Waals surface area contributed by atoms with Gasteiger partial charge in [-0.05, 0) is 39.0 Å². The van der Waals surface area contributed by atoms with E-state index < -0.39 is 0 Å². The molecule has 4 N–H and O–H groups in total. The predicted molar refractivity (Wildman–Crippen MR) is 70.6 cm³/mol. The maximum atomic E-state index is 11.7. The van der Waals surface area contributed by atoms with E-state index in [0.717, 1.165) is 37.8 Å². The summed E-state index contributed by atoms with van der Waals surface area (Å²) < 4.78 is 5.47. The Hall–Kier alpha value is -1.72. The van der Waals surface area contributed by atoms with Crippen LogP contribution in [-0.2, 0) is 4.74 Å². The zero-order chi connectivity index (χ0) is 13.5.